The summed E-state index contributed by atoms with van der Waals surface area (Å²) in [6.07, 6.45) is 1.39. The minimum absolute atomic E-state index is 0.161. The molecular weight excluding hydrogens is 268 g/mol. The molecule has 0 aromatic heterocycles. The van der Waals surface area contributed by atoms with E-state index >= 15 is 0 Å². The molecule has 1 aromatic carbocycles. The van der Waals surface area contributed by atoms with Gasteiger partial charge in [0.1, 0.15) is 0 Å². The average Bonchev–Trinajstić information content (AvgIpc) is 2.68. The number of nitrogens with two attached hydrogens (primary N) is 1. The second-order valence-electron chi connectivity index (χ2n) is 4.19. The molecule has 0 unspecified atom stereocenters. The Morgan fingerprint density at radius 3 is 2.69 bits per heavy atom. The SMILES string of the molecule is N[C@@H]1CCN(C(=O)Cc2ccc(Br)cc2)C1. The topological polar surface area (TPSA) is 46.3 Å². The van der Waals surface area contributed by atoms with Crippen molar-refractivity contribution in [1.29, 1.82) is 0 Å². The van der Waals surface area contributed by atoms with Crippen LogP contribution in [0, 0.1) is 0 Å². The van der Waals surface area contributed by atoms with Gasteiger partial charge >= 0.3 is 0 Å². The fourth-order valence-electron chi connectivity index (χ4n) is 1.90. The molecule has 1 aliphatic heterocycles. The van der Waals surface area contributed by atoms with E-state index in [1.54, 1.807) is 0 Å². The Hall–Kier alpha value is -0.870. The molecule has 0 radical (unpaired) electrons. The fourth-order valence-corrected chi connectivity index (χ4v) is 2.17. The minimum atomic E-state index is 0.161. The molecule has 1 fully saturated rings. The van der Waals surface area contributed by atoms with Gasteiger partial charge in [-0.1, -0.05) is 28.1 Å². The van der Waals surface area contributed by atoms with Crippen molar-refractivity contribution in [3.63, 3.8) is 0 Å². The van der Waals surface area contributed by atoms with Gasteiger partial charge in [0.2, 0.25) is 5.91 Å². The van der Waals surface area contributed by atoms with Crippen LogP contribution in [0.15, 0.2) is 28.7 Å². The van der Waals surface area contributed by atoms with E-state index in [4.69, 9.17) is 5.73 Å². The number of carbonyl (C=O) groups is 1. The first kappa shape index (κ1) is 11.6. The van der Waals surface area contributed by atoms with Crippen molar-refractivity contribution in [3.05, 3.63) is 34.3 Å². The smallest absolute Gasteiger partial charge is 0.227 e. The summed E-state index contributed by atoms with van der Waals surface area (Å²) in [6.45, 7) is 1.51. The van der Waals surface area contributed by atoms with Crippen LogP contribution < -0.4 is 5.73 Å². The van der Waals surface area contributed by atoms with Crippen molar-refractivity contribution in [2.24, 2.45) is 5.73 Å². The fraction of sp³-hybridized carbons (Fsp3) is 0.417. The molecule has 1 saturated heterocycles. The maximum Gasteiger partial charge on any atom is 0.227 e. The first-order valence-electron chi connectivity index (χ1n) is 5.43. The Kier molecular flexibility index (Phi) is 3.61. The molecule has 2 rings (SSSR count). The number of benzene rings is 1. The van der Waals surface area contributed by atoms with Gasteiger partial charge in [-0.2, -0.15) is 0 Å². The van der Waals surface area contributed by atoms with Gasteiger partial charge in [-0.3, -0.25) is 4.79 Å². The molecular formula is C12H15BrN2O. The van der Waals surface area contributed by atoms with Crippen molar-refractivity contribution in [3.8, 4) is 0 Å². The summed E-state index contributed by atoms with van der Waals surface area (Å²) in [7, 11) is 0. The van der Waals surface area contributed by atoms with E-state index in [1.165, 1.54) is 0 Å². The lowest BCUT2D eigenvalue weighted by Gasteiger charge is -2.15. The molecule has 1 atom stereocenters. The summed E-state index contributed by atoms with van der Waals surface area (Å²) in [5.41, 5.74) is 6.83. The maximum atomic E-state index is 11.9. The second-order valence-corrected chi connectivity index (χ2v) is 5.11. The normalized spacial score (nSPS) is 20.1. The highest BCUT2D eigenvalue weighted by molar-refractivity contribution is 9.10. The summed E-state index contributed by atoms with van der Waals surface area (Å²) < 4.78 is 1.03. The number of rotatable bonds is 2. The van der Waals surface area contributed by atoms with E-state index in [0.29, 0.717) is 13.0 Å². The zero-order valence-corrected chi connectivity index (χ0v) is 10.6. The molecule has 1 amide bonds. The molecule has 2 N–H and O–H groups in total. The lowest BCUT2D eigenvalue weighted by Crippen LogP contribution is -2.32. The number of halogens is 1. The highest BCUT2D eigenvalue weighted by Crippen LogP contribution is 2.13. The van der Waals surface area contributed by atoms with Crippen molar-refractivity contribution in [2.45, 2.75) is 18.9 Å². The van der Waals surface area contributed by atoms with E-state index < -0.39 is 0 Å². The van der Waals surface area contributed by atoms with Crippen LogP contribution in [0.5, 0.6) is 0 Å². The van der Waals surface area contributed by atoms with Crippen LogP contribution in [-0.2, 0) is 11.2 Å². The van der Waals surface area contributed by atoms with E-state index in [9.17, 15) is 4.79 Å². The number of likely N-dealkylation sites (tertiary alicyclic amines) is 1. The largest absolute Gasteiger partial charge is 0.341 e. The third-order valence-corrected chi connectivity index (χ3v) is 3.37. The van der Waals surface area contributed by atoms with Crippen LogP contribution in [0.4, 0.5) is 0 Å². The molecule has 1 aliphatic rings. The van der Waals surface area contributed by atoms with Crippen LogP contribution in [0.1, 0.15) is 12.0 Å². The Morgan fingerprint density at radius 1 is 1.44 bits per heavy atom. The van der Waals surface area contributed by atoms with E-state index in [1.807, 2.05) is 29.2 Å². The van der Waals surface area contributed by atoms with Crippen molar-refractivity contribution in [2.75, 3.05) is 13.1 Å². The van der Waals surface area contributed by atoms with E-state index in [0.717, 1.165) is 23.0 Å². The lowest BCUT2D eigenvalue weighted by atomic mass is 10.1. The second kappa shape index (κ2) is 4.97. The zero-order valence-electron chi connectivity index (χ0n) is 9.03. The molecule has 86 valence electrons. The van der Waals surface area contributed by atoms with Crippen molar-refractivity contribution in [1.82, 2.24) is 4.90 Å². The number of carbonyl (C=O) groups excluding carboxylic acids is 1. The molecule has 1 heterocycles. The van der Waals surface area contributed by atoms with Gasteiger partial charge in [0.25, 0.3) is 0 Å². The number of hydrogen-bond acceptors (Lipinski definition) is 2. The minimum Gasteiger partial charge on any atom is -0.341 e. The number of hydrogen-bond donors (Lipinski definition) is 1. The monoisotopic (exact) mass is 282 g/mol. The Labute approximate surface area is 104 Å². The molecule has 1 aromatic rings. The molecule has 16 heavy (non-hydrogen) atoms. The third kappa shape index (κ3) is 2.83. The molecule has 0 saturated carbocycles. The zero-order chi connectivity index (χ0) is 11.5. The molecule has 3 nitrogen and oxygen atoms in total. The van der Waals surface area contributed by atoms with Crippen LogP contribution in [-0.4, -0.2) is 29.9 Å². The van der Waals surface area contributed by atoms with Gasteiger partial charge in [-0.05, 0) is 24.1 Å². The molecule has 0 spiro atoms. The van der Waals surface area contributed by atoms with Crippen molar-refractivity contribution >= 4 is 21.8 Å². The van der Waals surface area contributed by atoms with Gasteiger partial charge in [0.05, 0.1) is 6.42 Å². The lowest BCUT2D eigenvalue weighted by molar-refractivity contribution is -0.129. The van der Waals surface area contributed by atoms with E-state index in [-0.39, 0.29) is 11.9 Å². The highest BCUT2D eigenvalue weighted by Gasteiger charge is 2.23. The van der Waals surface area contributed by atoms with Gasteiger partial charge in [0.15, 0.2) is 0 Å². The summed E-state index contributed by atoms with van der Waals surface area (Å²) in [5, 5.41) is 0. The van der Waals surface area contributed by atoms with E-state index in [2.05, 4.69) is 15.9 Å². The molecule has 0 aliphatic carbocycles. The summed E-state index contributed by atoms with van der Waals surface area (Å²) in [4.78, 5) is 13.8. The third-order valence-electron chi connectivity index (χ3n) is 2.85. The first-order chi connectivity index (χ1) is 7.65. The van der Waals surface area contributed by atoms with Crippen LogP contribution >= 0.6 is 15.9 Å². The first-order valence-corrected chi connectivity index (χ1v) is 6.22. The standard InChI is InChI=1S/C12H15BrN2O/c13-10-3-1-9(2-4-10)7-12(16)15-6-5-11(14)8-15/h1-4,11H,5-8,14H2/t11-/m1/s1. The van der Waals surface area contributed by atoms with Gasteiger partial charge < -0.3 is 10.6 Å². The molecule has 4 heteroatoms. The average molecular weight is 283 g/mol. The highest BCUT2D eigenvalue weighted by atomic mass is 79.9. The van der Waals surface area contributed by atoms with Crippen molar-refractivity contribution < 1.29 is 4.79 Å². The van der Waals surface area contributed by atoms with Crippen LogP contribution in [0.3, 0.4) is 0 Å². The Bertz CT molecular complexity index is 377. The number of amides is 1. The Morgan fingerprint density at radius 2 is 2.12 bits per heavy atom. The maximum absolute atomic E-state index is 11.9. The Balaban J connectivity index is 1.94. The predicted molar refractivity (Wildman–Crippen MR) is 67.0 cm³/mol. The van der Waals surface area contributed by atoms with Crippen LogP contribution in [0.25, 0.3) is 0 Å². The van der Waals surface area contributed by atoms with Crippen LogP contribution in [0.2, 0.25) is 0 Å². The van der Waals surface area contributed by atoms with Gasteiger partial charge in [-0.25, -0.2) is 0 Å². The molecule has 0 bridgehead atoms. The number of nitrogens with zero attached hydrogens (tertiary/aromatic N) is 1. The summed E-state index contributed by atoms with van der Waals surface area (Å²) >= 11 is 3.37. The van der Waals surface area contributed by atoms with Gasteiger partial charge in [-0.15, -0.1) is 0 Å². The summed E-state index contributed by atoms with van der Waals surface area (Å²) in [6, 6.07) is 8.01. The predicted octanol–water partition coefficient (Wildman–Crippen LogP) is 1.55. The van der Waals surface area contributed by atoms with Gasteiger partial charge in [0, 0.05) is 23.6 Å². The quantitative estimate of drug-likeness (QED) is 0.895. The summed E-state index contributed by atoms with van der Waals surface area (Å²) in [5.74, 6) is 0.176.